The Morgan fingerprint density at radius 3 is 2.53 bits per heavy atom. The number of hydrogen-bond acceptors (Lipinski definition) is 2. The molecule has 0 rings (SSSR count). The Hall–Kier alpha value is -0.340. The molecule has 3 N–H and O–H groups in total. The summed E-state index contributed by atoms with van der Waals surface area (Å²) in [6, 6.07) is 0. The molecule has 0 aromatic rings. The zero-order valence-corrected chi connectivity index (χ0v) is 10.5. The lowest BCUT2D eigenvalue weighted by atomic mass is 9.82. The number of unbranched alkanes of at least 4 members (excludes halogenated alkanes) is 1. The van der Waals surface area contributed by atoms with Gasteiger partial charge >= 0.3 is 0 Å². The second kappa shape index (κ2) is 7.89. The summed E-state index contributed by atoms with van der Waals surface area (Å²) < 4.78 is 0. The fraction of sp³-hybridized carbons (Fsp3) is 0.846. The third-order valence-corrected chi connectivity index (χ3v) is 3.20. The van der Waals surface area contributed by atoms with E-state index in [1.807, 2.05) is 6.08 Å². The number of aliphatic hydroxyl groups is 1. The Morgan fingerprint density at radius 2 is 2.07 bits per heavy atom. The fourth-order valence-corrected chi connectivity index (χ4v) is 1.44. The van der Waals surface area contributed by atoms with Crippen LogP contribution in [0.25, 0.3) is 0 Å². The van der Waals surface area contributed by atoms with E-state index in [9.17, 15) is 5.11 Å². The van der Waals surface area contributed by atoms with Gasteiger partial charge in [0, 0.05) is 0 Å². The molecular weight excluding hydrogens is 186 g/mol. The minimum absolute atomic E-state index is 0.194. The van der Waals surface area contributed by atoms with Gasteiger partial charge in [0.15, 0.2) is 0 Å². The van der Waals surface area contributed by atoms with Crippen LogP contribution in [0.1, 0.15) is 52.9 Å². The van der Waals surface area contributed by atoms with Crippen LogP contribution in [0.5, 0.6) is 0 Å². The predicted octanol–water partition coefficient (Wildman–Crippen LogP) is 2.86. The van der Waals surface area contributed by atoms with Crippen LogP contribution < -0.4 is 5.73 Å². The van der Waals surface area contributed by atoms with Gasteiger partial charge in [-0.15, -0.1) is 0 Å². The molecule has 0 saturated carbocycles. The topological polar surface area (TPSA) is 46.2 Å². The van der Waals surface area contributed by atoms with Gasteiger partial charge in [-0.1, -0.05) is 39.3 Å². The zero-order chi connectivity index (χ0) is 11.7. The second-order valence-electron chi connectivity index (χ2n) is 4.69. The van der Waals surface area contributed by atoms with E-state index in [1.165, 1.54) is 0 Å². The first-order valence-electron chi connectivity index (χ1n) is 6.12. The molecule has 0 amide bonds. The maximum atomic E-state index is 9.70. The summed E-state index contributed by atoms with van der Waals surface area (Å²) >= 11 is 0. The molecule has 0 bridgehead atoms. The highest BCUT2D eigenvalue weighted by molar-refractivity contribution is 4.89. The molecule has 2 heteroatoms. The minimum atomic E-state index is -0.297. The van der Waals surface area contributed by atoms with Crippen LogP contribution in [0.15, 0.2) is 12.2 Å². The van der Waals surface area contributed by atoms with Crippen molar-refractivity contribution in [2.45, 2.75) is 59.0 Å². The molecule has 0 aliphatic heterocycles. The van der Waals surface area contributed by atoms with Crippen LogP contribution in [-0.2, 0) is 0 Å². The van der Waals surface area contributed by atoms with E-state index < -0.39 is 0 Å². The zero-order valence-electron chi connectivity index (χ0n) is 10.5. The molecule has 2 atom stereocenters. The molecule has 0 heterocycles. The molecule has 0 saturated heterocycles. The summed E-state index contributed by atoms with van der Waals surface area (Å²) in [6.45, 7) is 7.19. The van der Waals surface area contributed by atoms with Crippen molar-refractivity contribution in [3.8, 4) is 0 Å². The molecule has 2 unspecified atom stereocenters. The van der Waals surface area contributed by atoms with Gasteiger partial charge in [-0.2, -0.15) is 0 Å². The highest BCUT2D eigenvalue weighted by Crippen LogP contribution is 2.26. The molecule has 0 aromatic carbocycles. The minimum Gasteiger partial charge on any atom is -0.389 e. The highest BCUT2D eigenvalue weighted by atomic mass is 16.3. The maximum absolute atomic E-state index is 9.70. The van der Waals surface area contributed by atoms with Gasteiger partial charge in [0.2, 0.25) is 0 Å². The van der Waals surface area contributed by atoms with E-state index in [-0.39, 0.29) is 11.5 Å². The van der Waals surface area contributed by atoms with E-state index in [4.69, 9.17) is 5.73 Å². The van der Waals surface area contributed by atoms with Crippen molar-refractivity contribution in [3.05, 3.63) is 12.2 Å². The number of allylic oxidation sites excluding steroid dienone is 1. The fourth-order valence-electron chi connectivity index (χ4n) is 1.44. The molecule has 0 radical (unpaired) electrons. The Morgan fingerprint density at radius 1 is 1.40 bits per heavy atom. The van der Waals surface area contributed by atoms with E-state index in [2.05, 4.69) is 26.8 Å². The Kier molecular flexibility index (Phi) is 7.71. The first-order valence-corrected chi connectivity index (χ1v) is 6.12. The average molecular weight is 213 g/mol. The van der Waals surface area contributed by atoms with E-state index in [1.54, 1.807) is 0 Å². The number of nitrogens with two attached hydrogens (primary N) is 1. The summed E-state index contributed by atoms with van der Waals surface area (Å²) in [4.78, 5) is 0. The number of aliphatic hydroxyl groups excluding tert-OH is 1. The van der Waals surface area contributed by atoms with Crippen LogP contribution in [0, 0.1) is 5.41 Å². The monoisotopic (exact) mass is 213 g/mol. The van der Waals surface area contributed by atoms with Crippen molar-refractivity contribution in [3.63, 3.8) is 0 Å². The lowest BCUT2D eigenvalue weighted by Gasteiger charge is -2.26. The molecule has 0 aliphatic carbocycles. The van der Waals surface area contributed by atoms with Gasteiger partial charge in [-0.05, 0) is 37.6 Å². The highest BCUT2D eigenvalue weighted by Gasteiger charge is 2.20. The Balaban J connectivity index is 3.83. The third-order valence-electron chi connectivity index (χ3n) is 3.20. The lowest BCUT2D eigenvalue weighted by Crippen LogP contribution is -2.27. The SMILES string of the molecule is CCC/C=C\C(O)CCC(C)(CC)CN. The van der Waals surface area contributed by atoms with Crippen LogP contribution in [0.4, 0.5) is 0 Å². The molecular formula is C13H27NO. The molecule has 0 aromatic heterocycles. The van der Waals surface area contributed by atoms with Crippen LogP contribution in [0.2, 0.25) is 0 Å². The van der Waals surface area contributed by atoms with Gasteiger partial charge in [-0.3, -0.25) is 0 Å². The summed E-state index contributed by atoms with van der Waals surface area (Å²) in [7, 11) is 0. The van der Waals surface area contributed by atoms with Gasteiger partial charge in [0.05, 0.1) is 6.10 Å². The maximum Gasteiger partial charge on any atom is 0.0721 e. The first kappa shape index (κ1) is 14.7. The first-order chi connectivity index (χ1) is 7.08. The summed E-state index contributed by atoms with van der Waals surface area (Å²) in [5.74, 6) is 0. The number of hydrogen-bond donors (Lipinski definition) is 2. The summed E-state index contributed by atoms with van der Waals surface area (Å²) in [5, 5.41) is 9.70. The molecule has 15 heavy (non-hydrogen) atoms. The van der Waals surface area contributed by atoms with Crippen LogP contribution >= 0.6 is 0 Å². The van der Waals surface area contributed by atoms with Crippen molar-refractivity contribution >= 4 is 0 Å². The van der Waals surface area contributed by atoms with E-state index in [0.29, 0.717) is 6.54 Å². The van der Waals surface area contributed by atoms with Crippen LogP contribution in [0.3, 0.4) is 0 Å². The quantitative estimate of drug-likeness (QED) is 0.609. The van der Waals surface area contributed by atoms with Gasteiger partial charge < -0.3 is 10.8 Å². The molecule has 0 spiro atoms. The molecule has 2 nitrogen and oxygen atoms in total. The smallest absolute Gasteiger partial charge is 0.0721 e. The molecule has 90 valence electrons. The van der Waals surface area contributed by atoms with E-state index >= 15 is 0 Å². The van der Waals surface area contributed by atoms with Gasteiger partial charge in [0.1, 0.15) is 0 Å². The lowest BCUT2D eigenvalue weighted by molar-refractivity contribution is 0.176. The van der Waals surface area contributed by atoms with Gasteiger partial charge in [0.25, 0.3) is 0 Å². The summed E-state index contributed by atoms with van der Waals surface area (Å²) in [5.41, 5.74) is 5.92. The molecule has 0 aliphatic rings. The van der Waals surface area contributed by atoms with Crippen molar-refractivity contribution in [1.29, 1.82) is 0 Å². The van der Waals surface area contributed by atoms with Crippen molar-refractivity contribution < 1.29 is 5.11 Å². The van der Waals surface area contributed by atoms with Gasteiger partial charge in [-0.25, -0.2) is 0 Å². The average Bonchev–Trinajstić information content (AvgIpc) is 2.26. The van der Waals surface area contributed by atoms with Crippen LogP contribution in [-0.4, -0.2) is 17.8 Å². The summed E-state index contributed by atoms with van der Waals surface area (Å²) in [6.07, 6.45) is 8.77. The standard InChI is InChI=1S/C13H27NO/c1-4-6-7-8-12(15)9-10-13(3,5-2)11-14/h7-8,12,15H,4-6,9-11,14H2,1-3H3/b8-7-. The predicted molar refractivity (Wildman–Crippen MR) is 66.7 cm³/mol. The normalized spacial score (nSPS) is 17.9. The largest absolute Gasteiger partial charge is 0.389 e. The van der Waals surface area contributed by atoms with Crippen molar-refractivity contribution in [2.24, 2.45) is 11.1 Å². The van der Waals surface area contributed by atoms with E-state index in [0.717, 1.165) is 32.1 Å². The third kappa shape index (κ3) is 6.69. The number of rotatable bonds is 8. The van der Waals surface area contributed by atoms with Crippen molar-refractivity contribution in [1.82, 2.24) is 0 Å². The Labute approximate surface area is 94.6 Å². The Bertz CT molecular complexity index is 173. The van der Waals surface area contributed by atoms with Crippen molar-refractivity contribution in [2.75, 3.05) is 6.54 Å². The molecule has 0 fully saturated rings. The second-order valence-corrected chi connectivity index (χ2v) is 4.69.